The van der Waals surface area contributed by atoms with Crippen molar-refractivity contribution in [2.24, 2.45) is 0 Å². The standard InChI is InChI=1S/C15H16ClN3O4S2/c1-8-6-10(4-5-11(8)16)23-9(2)13(21)17-14-18-19-15(25-14)24-7-12(20)22-3/h4-6,9H,7H2,1-3H3,(H,17,18,21)/t9-/m1/s1. The number of methoxy groups -OCH3 is 1. The quantitative estimate of drug-likeness (QED) is 0.433. The maximum atomic E-state index is 12.2. The second-order valence-corrected chi connectivity index (χ2v) is 7.51. The van der Waals surface area contributed by atoms with Gasteiger partial charge in [0.05, 0.1) is 12.9 Å². The number of nitrogens with one attached hydrogen (secondary N) is 1. The number of rotatable bonds is 7. The molecule has 10 heteroatoms. The van der Waals surface area contributed by atoms with E-state index in [4.69, 9.17) is 16.3 Å². The third-order valence-electron chi connectivity index (χ3n) is 2.99. The topological polar surface area (TPSA) is 90.4 Å². The normalized spacial score (nSPS) is 11.7. The van der Waals surface area contributed by atoms with E-state index in [0.717, 1.165) is 5.56 Å². The highest BCUT2D eigenvalue weighted by Gasteiger charge is 2.17. The van der Waals surface area contributed by atoms with Crippen molar-refractivity contribution in [3.63, 3.8) is 0 Å². The second-order valence-electron chi connectivity index (χ2n) is 4.90. The first kappa shape index (κ1) is 19.5. The predicted molar refractivity (Wildman–Crippen MR) is 97.6 cm³/mol. The molecule has 7 nitrogen and oxygen atoms in total. The van der Waals surface area contributed by atoms with Gasteiger partial charge in [-0.3, -0.25) is 14.9 Å². The average Bonchev–Trinajstić information content (AvgIpc) is 3.03. The summed E-state index contributed by atoms with van der Waals surface area (Å²) in [5.41, 5.74) is 0.864. The molecular weight excluding hydrogens is 386 g/mol. The Balaban J connectivity index is 1.89. The smallest absolute Gasteiger partial charge is 0.316 e. The zero-order valence-corrected chi connectivity index (χ0v) is 16.1. The summed E-state index contributed by atoms with van der Waals surface area (Å²) < 4.78 is 10.7. The number of hydrogen-bond donors (Lipinski definition) is 1. The van der Waals surface area contributed by atoms with E-state index in [0.29, 0.717) is 20.2 Å². The van der Waals surface area contributed by atoms with Crippen molar-refractivity contribution in [3.05, 3.63) is 28.8 Å². The van der Waals surface area contributed by atoms with E-state index in [1.54, 1.807) is 25.1 Å². The molecule has 0 saturated heterocycles. The van der Waals surface area contributed by atoms with Crippen LogP contribution in [0.3, 0.4) is 0 Å². The van der Waals surface area contributed by atoms with Gasteiger partial charge >= 0.3 is 5.97 Å². The highest BCUT2D eigenvalue weighted by atomic mass is 35.5. The summed E-state index contributed by atoms with van der Waals surface area (Å²) in [5.74, 6) is -0.0235. The number of thioether (sulfide) groups is 1. The van der Waals surface area contributed by atoms with E-state index in [9.17, 15) is 9.59 Å². The van der Waals surface area contributed by atoms with Crippen molar-refractivity contribution in [1.29, 1.82) is 0 Å². The number of nitrogens with zero attached hydrogens (tertiary/aromatic N) is 2. The Morgan fingerprint density at radius 3 is 2.84 bits per heavy atom. The van der Waals surface area contributed by atoms with Gasteiger partial charge < -0.3 is 9.47 Å². The van der Waals surface area contributed by atoms with Gasteiger partial charge in [0.25, 0.3) is 5.91 Å². The van der Waals surface area contributed by atoms with Gasteiger partial charge in [0, 0.05) is 5.02 Å². The first-order chi connectivity index (χ1) is 11.9. The van der Waals surface area contributed by atoms with Gasteiger partial charge in [-0.25, -0.2) is 0 Å². The molecule has 0 saturated carbocycles. The number of esters is 1. The van der Waals surface area contributed by atoms with E-state index in [1.807, 2.05) is 6.92 Å². The fourth-order valence-electron chi connectivity index (χ4n) is 1.65. The molecule has 25 heavy (non-hydrogen) atoms. The van der Waals surface area contributed by atoms with Gasteiger partial charge in [-0.1, -0.05) is 34.7 Å². The lowest BCUT2D eigenvalue weighted by molar-refractivity contribution is -0.137. The summed E-state index contributed by atoms with van der Waals surface area (Å²) in [7, 11) is 1.32. The van der Waals surface area contributed by atoms with E-state index in [-0.39, 0.29) is 17.6 Å². The van der Waals surface area contributed by atoms with Crippen LogP contribution in [0.2, 0.25) is 5.02 Å². The van der Waals surface area contributed by atoms with Crippen molar-refractivity contribution in [2.45, 2.75) is 24.3 Å². The molecule has 2 rings (SSSR count). The van der Waals surface area contributed by atoms with Gasteiger partial charge in [-0.2, -0.15) is 0 Å². The summed E-state index contributed by atoms with van der Waals surface area (Å²) >= 11 is 8.32. The number of amides is 1. The highest BCUT2D eigenvalue weighted by Crippen LogP contribution is 2.26. The lowest BCUT2D eigenvalue weighted by Crippen LogP contribution is -2.30. The summed E-state index contributed by atoms with van der Waals surface area (Å²) in [6.07, 6.45) is -0.726. The Kier molecular flexibility index (Phi) is 7.03. The number of aromatic nitrogens is 2. The van der Waals surface area contributed by atoms with Gasteiger partial charge in [0.1, 0.15) is 5.75 Å². The van der Waals surface area contributed by atoms with Crippen LogP contribution in [0.15, 0.2) is 22.5 Å². The molecule has 1 amide bonds. The maximum absolute atomic E-state index is 12.2. The fourth-order valence-corrected chi connectivity index (χ4v) is 3.36. The van der Waals surface area contributed by atoms with Crippen molar-refractivity contribution in [1.82, 2.24) is 10.2 Å². The van der Waals surface area contributed by atoms with E-state index < -0.39 is 6.10 Å². The van der Waals surface area contributed by atoms with Crippen LogP contribution >= 0.6 is 34.7 Å². The van der Waals surface area contributed by atoms with Gasteiger partial charge in [-0.05, 0) is 37.6 Å². The Morgan fingerprint density at radius 1 is 1.40 bits per heavy atom. The Labute approximate surface area is 158 Å². The molecule has 2 aromatic rings. The lowest BCUT2D eigenvalue weighted by Gasteiger charge is -2.14. The van der Waals surface area contributed by atoms with Gasteiger partial charge in [0.2, 0.25) is 5.13 Å². The predicted octanol–water partition coefficient (Wildman–Crippen LogP) is 3.17. The number of carbonyl (C=O) groups is 2. The van der Waals surface area contributed by atoms with Crippen molar-refractivity contribution < 1.29 is 19.1 Å². The van der Waals surface area contributed by atoms with Crippen LogP contribution in [0, 0.1) is 6.92 Å². The molecule has 0 aliphatic rings. The van der Waals surface area contributed by atoms with Crippen molar-refractivity contribution in [2.75, 3.05) is 18.2 Å². The number of benzene rings is 1. The molecule has 0 aliphatic carbocycles. The van der Waals surface area contributed by atoms with Crippen LogP contribution in [0.25, 0.3) is 0 Å². The number of ether oxygens (including phenoxy) is 2. The maximum Gasteiger partial charge on any atom is 0.316 e. The largest absolute Gasteiger partial charge is 0.481 e. The number of hydrogen-bond acceptors (Lipinski definition) is 8. The Morgan fingerprint density at radius 2 is 2.16 bits per heavy atom. The molecule has 1 heterocycles. The molecule has 134 valence electrons. The molecule has 0 bridgehead atoms. The van der Waals surface area contributed by atoms with E-state index in [1.165, 1.54) is 30.2 Å². The van der Waals surface area contributed by atoms with E-state index in [2.05, 4.69) is 20.3 Å². The number of halogens is 1. The van der Waals surface area contributed by atoms with Gasteiger partial charge in [-0.15, -0.1) is 10.2 Å². The second kappa shape index (κ2) is 9.02. The number of anilines is 1. The number of aryl methyl sites for hydroxylation is 1. The molecule has 1 N–H and O–H groups in total. The van der Waals surface area contributed by atoms with E-state index >= 15 is 0 Å². The zero-order valence-electron chi connectivity index (χ0n) is 13.7. The minimum Gasteiger partial charge on any atom is -0.481 e. The molecule has 0 fully saturated rings. The minimum atomic E-state index is -0.726. The molecule has 0 aliphatic heterocycles. The van der Waals surface area contributed by atoms with Crippen LogP contribution in [-0.2, 0) is 14.3 Å². The van der Waals surface area contributed by atoms with Gasteiger partial charge in [0.15, 0.2) is 10.4 Å². The SMILES string of the molecule is COC(=O)CSc1nnc(NC(=O)[C@@H](C)Oc2ccc(Cl)c(C)c2)s1. The number of carbonyl (C=O) groups excluding carboxylic acids is 2. The first-order valence-corrected chi connectivity index (χ1v) is 9.34. The monoisotopic (exact) mass is 401 g/mol. The first-order valence-electron chi connectivity index (χ1n) is 7.16. The highest BCUT2D eigenvalue weighted by molar-refractivity contribution is 8.01. The third-order valence-corrected chi connectivity index (χ3v) is 5.36. The van der Waals surface area contributed by atoms with Crippen LogP contribution in [0.1, 0.15) is 12.5 Å². The van der Waals surface area contributed by atoms with Crippen LogP contribution in [0.5, 0.6) is 5.75 Å². The zero-order chi connectivity index (χ0) is 18.4. The fraction of sp³-hybridized carbons (Fsp3) is 0.333. The molecule has 0 spiro atoms. The third kappa shape index (κ3) is 5.87. The van der Waals surface area contributed by atoms with Crippen molar-refractivity contribution in [3.8, 4) is 5.75 Å². The van der Waals surface area contributed by atoms with Crippen LogP contribution in [0.4, 0.5) is 5.13 Å². The van der Waals surface area contributed by atoms with Crippen LogP contribution in [-0.4, -0.2) is 41.0 Å². The van der Waals surface area contributed by atoms with Crippen molar-refractivity contribution >= 4 is 51.7 Å². The summed E-state index contributed by atoms with van der Waals surface area (Å²) in [5, 5.41) is 11.4. The molecule has 1 atom stereocenters. The summed E-state index contributed by atoms with van der Waals surface area (Å²) in [4.78, 5) is 23.3. The minimum absolute atomic E-state index is 0.133. The average molecular weight is 402 g/mol. The Bertz CT molecular complexity index is 769. The molecule has 1 aromatic carbocycles. The lowest BCUT2D eigenvalue weighted by atomic mass is 10.2. The summed E-state index contributed by atoms with van der Waals surface area (Å²) in [6, 6.07) is 5.18. The Hall–Kier alpha value is -1.84. The molecular formula is C15H16ClN3O4S2. The molecule has 1 aromatic heterocycles. The molecule has 0 unspecified atom stereocenters. The summed E-state index contributed by atoms with van der Waals surface area (Å²) in [6.45, 7) is 3.49. The molecule has 0 radical (unpaired) electrons. The van der Waals surface area contributed by atoms with Crippen LogP contribution < -0.4 is 10.1 Å².